The number of hydrogen-bond acceptors (Lipinski definition) is 1. The van der Waals surface area contributed by atoms with Crippen LogP contribution in [0.3, 0.4) is 0 Å². The molecule has 1 nitrogen and oxygen atoms in total. The molecule has 0 aliphatic heterocycles. The fourth-order valence-corrected chi connectivity index (χ4v) is 2.84. The highest BCUT2D eigenvalue weighted by Gasteiger charge is 2.18. The van der Waals surface area contributed by atoms with Crippen LogP contribution in [0.4, 0.5) is 0 Å². The first-order valence-corrected chi connectivity index (χ1v) is 9.37. The molecule has 2 heteroatoms. The molecule has 0 spiro atoms. The Morgan fingerprint density at radius 3 is 2.19 bits per heavy atom. The summed E-state index contributed by atoms with van der Waals surface area (Å²) < 4.78 is 6.04. The standard InChI is InChI=1S/C19H31BrO/c1-16-11-12-18(17(15-16)19(2,3)4)21-14-10-8-6-5-7-9-13-20/h11-12,15H,5-10,13-14H2,1-4H3. The summed E-state index contributed by atoms with van der Waals surface area (Å²) in [7, 11) is 0. The Kier molecular flexibility index (Phi) is 8.39. The van der Waals surface area contributed by atoms with Gasteiger partial charge in [0.1, 0.15) is 5.75 Å². The van der Waals surface area contributed by atoms with Gasteiger partial charge in [-0.2, -0.15) is 0 Å². The van der Waals surface area contributed by atoms with Gasteiger partial charge in [0, 0.05) is 5.33 Å². The normalized spacial score (nSPS) is 11.7. The SMILES string of the molecule is Cc1ccc(OCCCCCCCCBr)c(C(C)(C)C)c1. The molecule has 0 fully saturated rings. The van der Waals surface area contributed by atoms with E-state index in [0.717, 1.165) is 24.1 Å². The summed E-state index contributed by atoms with van der Waals surface area (Å²) in [4.78, 5) is 0. The van der Waals surface area contributed by atoms with Crippen molar-refractivity contribution in [2.24, 2.45) is 0 Å². The van der Waals surface area contributed by atoms with Gasteiger partial charge in [-0.25, -0.2) is 0 Å². The Hall–Kier alpha value is -0.500. The molecule has 0 saturated carbocycles. The van der Waals surface area contributed by atoms with Crippen LogP contribution in [0.15, 0.2) is 18.2 Å². The second-order valence-electron chi connectivity index (χ2n) is 6.91. The van der Waals surface area contributed by atoms with Gasteiger partial charge in [0.15, 0.2) is 0 Å². The lowest BCUT2D eigenvalue weighted by molar-refractivity contribution is 0.296. The number of alkyl halides is 1. The van der Waals surface area contributed by atoms with Crippen molar-refractivity contribution in [1.82, 2.24) is 0 Å². The minimum atomic E-state index is 0.136. The molecule has 21 heavy (non-hydrogen) atoms. The Morgan fingerprint density at radius 2 is 1.57 bits per heavy atom. The molecule has 0 radical (unpaired) electrons. The minimum Gasteiger partial charge on any atom is -0.493 e. The first kappa shape index (κ1) is 18.5. The summed E-state index contributed by atoms with van der Waals surface area (Å²) in [5.41, 5.74) is 2.76. The first-order valence-electron chi connectivity index (χ1n) is 8.25. The highest BCUT2D eigenvalue weighted by Crippen LogP contribution is 2.32. The minimum absolute atomic E-state index is 0.136. The van der Waals surface area contributed by atoms with Crippen LogP contribution in [0.2, 0.25) is 0 Å². The van der Waals surface area contributed by atoms with Crippen LogP contribution in [0.5, 0.6) is 5.75 Å². The van der Waals surface area contributed by atoms with E-state index in [-0.39, 0.29) is 5.41 Å². The largest absolute Gasteiger partial charge is 0.493 e. The molecule has 120 valence electrons. The lowest BCUT2D eigenvalue weighted by atomic mass is 9.85. The van der Waals surface area contributed by atoms with E-state index in [2.05, 4.69) is 61.8 Å². The quantitative estimate of drug-likeness (QED) is 0.367. The molecule has 0 atom stereocenters. The van der Waals surface area contributed by atoms with Crippen LogP contribution < -0.4 is 4.74 Å². The maximum atomic E-state index is 6.04. The van der Waals surface area contributed by atoms with E-state index in [0.29, 0.717) is 0 Å². The van der Waals surface area contributed by atoms with Crippen LogP contribution in [0.25, 0.3) is 0 Å². The molecule has 0 amide bonds. The summed E-state index contributed by atoms with van der Waals surface area (Å²) in [6.07, 6.45) is 7.76. The van der Waals surface area contributed by atoms with E-state index >= 15 is 0 Å². The lowest BCUT2D eigenvalue weighted by Crippen LogP contribution is -2.14. The maximum absolute atomic E-state index is 6.04. The van der Waals surface area contributed by atoms with Gasteiger partial charge in [-0.1, -0.05) is 80.1 Å². The summed E-state index contributed by atoms with van der Waals surface area (Å²) in [6.45, 7) is 9.73. The molecular weight excluding hydrogens is 324 g/mol. The zero-order valence-electron chi connectivity index (χ0n) is 14.2. The average Bonchev–Trinajstić information content (AvgIpc) is 2.42. The van der Waals surface area contributed by atoms with Crippen LogP contribution >= 0.6 is 15.9 Å². The third-order valence-corrected chi connectivity index (χ3v) is 4.29. The smallest absolute Gasteiger partial charge is 0.123 e. The van der Waals surface area contributed by atoms with Crippen molar-refractivity contribution in [3.63, 3.8) is 0 Å². The van der Waals surface area contributed by atoms with Gasteiger partial charge in [-0.3, -0.25) is 0 Å². The highest BCUT2D eigenvalue weighted by atomic mass is 79.9. The van der Waals surface area contributed by atoms with Crippen molar-refractivity contribution in [3.05, 3.63) is 29.3 Å². The predicted octanol–water partition coefficient (Wildman–Crippen LogP) is 6.41. The summed E-state index contributed by atoms with van der Waals surface area (Å²) >= 11 is 3.48. The van der Waals surface area contributed by atoms with E-state index in [9.17, 15) is 0 Å². The van der Waals surface area contributed by atoms with Crippen LogP contribution in [0.1, 0.15) is 70.4 Å². The molecule has 1 aromatic rings. The zero-order chi connectivity index (χ0) is 15.7. The molecule has 1 aromatic carbocycles. The lowest BCUT2D eigenvalue weighted by Gasteiger charge is -2.23. The average molecular weight is 355 g/mol. The van der Waals surface area contributed by atoms with Gasteiger partial charge in [0.2, 0.25) is 0 Å². The monoisotopic (exact) mass is 354 g/mol. The maximum Gasteiger partial charge on any atom is 0.123 e. The van der Waals surface area contributed by atoms with E-state index in [4.69, 9.17) is 4.74 Å². The molecule has 0 saturated heterocycles. The predicted molar refractivity (Wildman–Crippen MR) is 96.9 cm³/mol. The summed E-state index contributed by atoms with van der Waals surface area (Å²) in [6, 6.07) is 6.53. The number of aryl methyl sites for hydroxylation is 1. The van der Waals surface area contributed by atoms with Crippen molar-refractivity contribution < 1.29 is 4.74 Å². The van der Waals surface area contributed by atoms with Crippen molar-refractivity contribution in [3.8, 4) is 5.75 Å². The Labute approximate surface area is 139 Å². The van der Waals surface area contributed by atoms with Gasteiger partial charge < -0.3 is 4.74 Å². The molecule has 0 heterocycles. The summed E-state index contributed by atoms with van der Waals surface area (Å²) in [5, 5.41) is 1.14. The van der Waals surface area contributed by atoms with Gasteiger partial charge in [-0.05, 0) is 36.8 Å². The third kappa shape index (κ3) is 7.35. The molecule has 0 bridgehead atoms. The van der Waals surface area contributed by atoms with E-state index in [1.807, 2.05) is 0 Å². The Bertz CT molecular complexity index is 407. The highest BCUT2D eigenvalue weighted by molar-refractivity contribution is 9.09. The topological polar surface area (TPSA) is 9.23 Å². The fraction of sp³-hybridized carbons (Fsp3) is 0.684. The Balaban J connectivity index is 2.35. The van der Waals surface area contributed by atoms with Crippen molar-refractivity contribution >= 4 is 15.9 Å². The summed E-state index contributed by atoms with van der Waals surface area (Å²) in [5.74, 6) is 1.06. The van der Waals surface area contributed by atoms with Crippen molar-refractivity contribution in [2.75, 3.05) is 11.9 Å². The number of halogens is 1. The zero-order valence-corrected chi connectivity index (χ0v) is 15.8. The van der Waals surface area contributed by atoms with Gasteiger partial charge in [-0.15, -0.1) is 0 Å². The number of hydrogen-bond donors (Lipinski definition) is 0. The van der Waals surface area contributed by atoms with Crippen LogP contribution in [-0.4, -0.2) is 11.9 Å². The van der Waals surface area contributed by atoms with Gasteiger partial charge in [0.25, 0.3) is 0 Å². The molecule has 0 aliphatic carbocycles. The van der Waals surface area contributed by atoms with Crippen molar-refractivity contribution in [2.45, 2.75) is 71.6 Å². The van der Waals surface area contributed by atoms with Crippen LogP contribution in [-0.2, 0) is 5.41 Å². The molecule has 1 rings (SSSR count). The van der Waals surface area contributed by atoms with E-state index < -0.39 is 0 Å². The van der Waals surface area contributed by atoms with E-state index in [1.165, 1.54) is 43.2 Å². The number of unbranched alkanes of at least 4 members (excludes halogenated alkanes) is 5. The molecule has 0 aliphatic rings. The van der Waals surface area contributed by atoms with Gasteiger partial charge in [0.05, 0.1) is 6.61 Å². The fourth-order valence-electron chi connectivity index (χ4n) is 2.44. The number of rotatable bonds is 9. The molecular formula is C19H31BrO. The first-order chi connectivity index (χ1) is 9.95. The Morgan fingerprint density at radius 1 is 0.952 bits per heavy atom. The second kappa shape index (κ2) is 9.50. The second-order valence-corrected chi connectivity index (χ2v) is 7.70. The number of benzene rings is 1. The third-order valence-electron chi connectivity index (χ3n) is 3.73. The van der Waals surface area contributed by atoms with E-state index in [1.54, 1.807) is 0 Å². The van der Waals surface area contributed by atoms with Crippen LogP contribution in [0, 0.1) is 6.92 Å². The number of ether oxygens (including phenoxy) is 1. The van der Waals surface area contributed by atoms with Crippen molar-refractivity contribution in [1.29, 1.82) is 0 Å². The molecule has 0 unspecified atom stereocenters. The molecule has 0 aromatic heterocycles. The molecule has 0 N–H and O–H groups in total. The van der Waals surface area contributed by atoms with Gasteiger partial charge >= 0.3 is 0 Å².